The van der Waals surface area contributed by atoms with Crippen LogP contribution >= 0.6 is 0 Å². The molecule has 2 N–H and O–H groups in total. The van der Waals surface area contributed by atoms with Gasteiger partial charge in [0.1, 0.15) is 0 Å². The molecule has 1 aromatic carbocycles. The molecule has 1 aliphatic rings. The Labute approximate surface area is 155 Å². The molecule has 134 valence electrons. The lowest BCUT2D eigenvalue weighted by atomic mass is 9.69. The van der Waals surface area contributed by atoms with E-state index in [4.69, 9.17) is 5.26 Å². The van der Waals surface area contributed by atoms with Gasteiger partial charge in [0.15, 0.2) is 0 Å². The largest absolute Gasteiger partial charge is 0.355 e. The van der Waals surface area contributed by atoms with Crippen molar-refractivity contribution >= 4 is 5.96 Å². The number of pyridine rings is 1. The van der Waals surface area contributed by atoms with Gasteiger partial charge in [-0.25, -0.2) is 0 Å². The molecule has 0 spiro atoms. The first-order chi connectivity index (χ1) is 12.8. The molecule has 0 radical (unpaired) electrons. The summed E-state index contributed by atoms with van der Waals surface area (Å²) in [5.74, 6) is 0.533. The lowest BCUT2D eigenvalue weighted by Crippen LogP contribution is -2.46. The molecule has 3 rings (SSSR count). The maximum Gasteiger partial charge on any atom is 0.209 e. The lowest BCUT2D eigenvalue weighted by Gasteiger charge is -2.38. The number of guanidine groups is 1. The quantitative estimate of drug-likeness (QED) is 0.493. The van der Waals surface area contributed by atoms with E-state index in [1.54, 1.807) is 12.4 Å². The van der Waals surface area contributed by atoms with Crippen LogP contribution in [-0.2, 0) is 12.0 Å². The van der Waals surface area contributed by atoms with E-state index in [2.05, 4.69) is 50.9 Å². The monoisotopic (exact) mass is 347 g/mol. The van der Waals surface area contributed by atoms with Gasteiger partial charge in [0.25, 0.3) is 0 Å². The molecule has 0 bridgehead atoms. The molecule has 0 unspecified atom stereocenters. The van der Waals surface area contributed by atoms with E-state index in [1.807, 2.05) is 18.3 Å². The number of rotatable bonds is 5. The molecule has 0 atom stereocenters. The summed E-state index contributed by atoms with van der Waals surface area (Å²) in [6.45, 7) is 1.38. The summed E-state index contributed by atoms with van der Waals surface area (Å²) in [6.07, 6.45) is 11.5. The number of nitrogens with zero attached hydrogens (tertiary/aromatic N) is 3. The van der Waals surface area contributed by atoms with Crippen LogP contribution in [0.25, 0.3) is 0 Å². The summed E-state index contributed by atoms with van der Waals surface area (Å²) in [6, 6.07) is 14.6. The Balaban J connectivity index is 1.68. The van der Waals surface area contributed by atoms with Crippen molar-refractivity contribution in [2.24, 2.45) is 4.99 Å². The minimum Gasteiger partial charge on any atom is -0.355 e. The minimum absolute atomic E-state index is 0.105. The van der Waals surface area contributed by atoms with Crippen LogP contribution in [0.4, 0.5) is 0 Å². The van der Waals surface area contributed by atoms with E-state index in [-0.39, 0.29) is 5.41 Å². The summed E-state index contributed by atoms with van der Waals surface area (Å²) in [5, 5.41) is 15.7. The van der Waals surface area contributed by atoms with Crippen LogP contribution in [0.5, 0.6) is 0 Å². The molecule has 1 fully saturated rings. The van der Waals surface area contributed by atoms with Gasteiger partial charge in [-0.1, -0.05) is 49.6 Å². The van der Waals surface area contributed by atoms with E-state index in [9.17, 15) is 0 Å². The fraction of sp³-hybridized carbons (Fsp3) is 0.381. The van der Waals surface area contributed by atoms with Gasteiger partial charge < -0.3 is 10.6 Å². The zero-order valence-corrected chi connectivity index (χ0v) is 15.0. The molecule has 26 heavy (non-hydrogen) atoms. The highest BCUT2D eigenvalue weighted by Gasteiger charge is 2.33. The van der Waals surface area contributed by atoms with Gasteiger partial charge in [-0.05, 0) is 36.1 Å². The van der Waals surface area contributed by atoms with Crippen molar-refractivity contribution in [1.82, 2.24) is 15.6 Å². The van der Waals surface area contributed by atoms with Crippen molar-refractivity contribution in [3.8, 4) is 6.19 Å². The lowest BCUT2D eigenvalue weighted by molar-refractivity contribution is 0.291. The van der Waals surface area contributed by atoms with E-state index in [1.165, 1.54) is 24.8 Å². The highest BCUT2D eigenvalue weighted by molar-refractivity contribution is 5.80. The Morgan fingerprint density at radius 3 is 2.46 bits per heavy atom. The van der Waals surface area contributed by atoms with Crippen molar-refractivity contribution in [2.45, 2.75) is 44.1 Å². The summed E-state index contributed by atoms with van der Waals surface area (Å²) in [4.78, 5) is 7.96. The third kappa shape index (κ3) is 4.60. The second-order valence-electron chi connectivity index (χ2n) is 6.83. The number of hydrogen-bond donors (Lipinski definition) is 2. The van der Waals surface area contributed by atoms with Gasteiger partial charge in [-0.3, -0.25) is 4.98 Å². The van der Waals surface area contributed by atoms with Crippen molar-refractivity contribution in [3.63, 3.8) is 0 Å². The van der Waals surface area contributed by atoms with Gasteiger partial charge in [-0.2, -0.15) is 5.26 Å². The summed E-state index contributed by atoms with van der Waals surface area (Å²) < 4.78 is 0. The fourth-order valence-corrected chi connectivity index (χ4v) is 3.72. The molecule has 1 saturated carbocycles. The Bertz CT molecular complexity index is 743. The molecule has 1 heterocycles. The fourth-order valence-electron chi connectivity index (χ4n) is 3.72. The predicted molar refractivity (Wildman–Crippen MR) is 103 cm³/mol. The molecular formula is C21H25N5. The van der Waals surface area contributed by atoms with Crippen LogP contribution in [0.15, 0.2) is 59.9 Å². The van der Waals surface area contributed by atoms with Crippen LogP contribution in [0.2, 0.25) is 0 Å². The summed E-state index contributed by atoms with van der Waals surface area (Å²) in [7, 11) is 0. The molecule has 2 aromatic rings. The second-order valence-corrected chi connectivity index (χ2v) is 6.83. The number of benzene rings is 1. The molecular weight excluding hydrogens is 322 g/mol. The van der Waals surface area contributed by atoms with Crippen LogP contribution in [0.3, 0.4) is 0 Å². The van der Waals surface area contributed by atoms with Gasteiger partial charge >= 0.3 is 0 Å². The van der Waals surface area contributed by atoms with E-state index < -0.39 is 0 Å². The highest BCUT2D eigenvalue weighted by Crippen LogP contribution is 2.38. The molecule has 0 saturated heterocycles. The zero-order chi connectivity index (χ0) is 18.1. The normalized spacial score (nSPS) is 16.5. The SMILES string of the molecule is N#C/N=C(\NCc1ccncc1)NCC1(c2ccccc2)CCCCC1. The third-order valence-electron chi connectivity index (χ3n) is 5.16. The van der Waals surface area contributed by atoms with Crippen molar-refractivity contribution < 1.29 is 0 Å². The standard InChI is InChI=1S/C21H25N5/c22-17-26-20(24-15-18-9-13-23-14-10-18)25-16-21(11-5-2-6-12-21)19-7-3-1-4-8-19/h1,3-4,7-10,13-14H,2,5-6,11-12,15-16H2,(H2,24,25,26). The number of aliphatic imine (C=N–C) groups is 1. The van der Waals surface area contributed by atoms with Crippen LogP contribution in [0, 0.1) is 11.5 Å². The molecule has 5 nitrogen and oxygen atoms in total. The first kappa shape index (κ1) is 17.9. The highest BCUT2D eigenvalue weighted by atomic mass is 15.2. The third-order valence-corrected chi connectivity index (χ3v) is 5.16. The van der Waals surface area contributed by atoms with Gasteiger partial charge in [0, 0.05) is 30.9 Å². The molecule has 1 aromatic heterocycles. The Hall–Kier alpha value is -2.87. The molecule has 0 aliphatic heterocycles. The Morgan fingerprint density at radius 1 is 1.04 bits per heavy atom. The van der Waals surface area contributed by atoms with Gasteiger partial charge in [0.05, 0.1) is 0 Å². The zero-order valence-electron chi connectivity index (χ0n) is 15.0. The average Bonchev–Trinajstić information content (AvgIpc) is 2.72. The minimum atomic E-state index is 0.105. The summed E-state index contributed by atoms with van der Waals surface area (Å²) >= 11 is 0. The maximum absolute atomic E-state index is 9.02. The van der Waals surface area contributed by atoms with E-state index in [0.29, 0.717) is 12.5 Å². The predicted octanol–water partition coefficient (Wildman–Crippen LogP) is 3.50. The average molecular weight is 347 g/mol. The van der Waals surface area contributed by atoms with Crippen molar-refractivity contribution in [1.29, 1.82) is 5.26 Å². The van der Waals surface area contributed by atoms with Gasteiger partial charge in [-0.15, -0.1) is 4.99 Å². The molecule has 0 amide bonds. The second kappa shape index (κ2) is 9.00. The van der Waals surface area contributed by atoms with Crippen LogP contribution < -0.4 is 10.6 Å². The Morgan fingerprint density at radius 2 is 1.77 bits per heavy atom. The van der Waals surface area contributed by atoms with Crippen molar-refractivity contribution in [2.75, 3.05) is 6.54 Å². The first-order valence-electron chi connectivity index (χ1n) is 9.21. The number of hydrogen-bond acceptors (Lipinski definition) is 3. The topological polar surface area (TPSA) is 73.1 Å². The maximum atomic E-state index is 9.02. The summed E-state index contributed by atoms with van der Waals surface area (Å²) in [5.41, 5.74) is 2.58. The van der Waals surface area contributed by atoms with Crippen molar-refractivity contribution in [3.05, 3.63) is 66.0 Å². The molecule has 1 aliphatic carbocycles. The Kier molecular flexibility index (Phi) is 6.21. The van der Waals surface area contributed by atoms with Crippen LogP contribution in [-0.4, -0.2) is 17.5 Å². The van der Waals surface area contributed by atoms with E-state index >= 15 is 0 Å². The smallest absolute Gasteiger partial charge is 0.209 e. The van der Waals surface area contributed by atoms with Crippen LogP contribution in [0.1, 0.15) is 43.2 Å². The van der Waals surface area contributed by atoms with Gasteiger partial charge in [0.2, 0.25) is 12.2 Å². The molecule has 5 heteroatoms. The number of aromatic nitrogens is 1. The number of nitrogens with one attached hydrogen (secondary N) is 2. The van der Waals surface area contributed by atoms with E-state index in [0.717, 1.165) is 24.9 Å². The first-order valence-corrected chi connectivity index (χ1v) is 9.21. The number of nitriles is 1.